The van der Waals surface area contributed by atoms with Crippen LogP contribution in [0.3, 0.4) is 0 Å². The Bertz CT molecular complexity index is 584. The van der Waals surface area contributed by atoms with E-state index < -0.39 is 0 Å². The first-order chi connectivity index (χ1) is 10.0. The van der Waals surface area contributed by atoms with E-state index >= 15 is 0 Å². The molecule has 1 aromatic carbocycles. The predicted molar refractivity (Wildman–Crippen MR) is 85.1 cm³/mol. The molecule has 0 radical (unpaired) electrons. The second kappa shape index (κ2) is 8.18. The number of rotatable bonds is 7. The van der Waals surface area contributed by atoms with Gasteiger partial charge in [0.1, 0.15) is 18.3 Å². The zero-order chi connectivity index (χ0) is 15.8. The summed E-state index contributed by atoms with van der Waals surface area (Å²) in [5.74, 6) is 2.60. The minimum atomic E-state index is -0.0593. The van der Waals surface area contributed by atoms with Gasteiger partial charge in [0, 0.05) is 11.8 Å². The van der Waals surface area contributed by atoms with Crippen molar-refractivity contribution in [3.8, 4) is 5.75 Å². The van der Waals surface area contributed by atoms with Crippen molar-refractivity contribution in [2.24, 2.45) is 10.9 Å². The van der Waals surface area contributed by atoms with Crippen molar-refractivity contribution in [2.75, 3.05) is 6.61 Å². The summed E-state index contributed by atoms with van der Waals surface area (Å²) in [5, 5.41) is 0. The van der Waals surface area contributed by atoms with Crippen LogP contribution in [0.1, 0.15) is 38.3 Å². The van der Waals surface area contributed by atoms with Crippen molar-refractivity contribution >= 4 is 29.7 Å². The summed E-state index contributed by atoms with van der Waals surface area (Å²) in [7, 11) is 0. The first-order valence-electron chi connectivity index (χ1n) is 7.01. The number of aldehydes is 1. The molecule has 0 aromatic heterocycles. The molecule has 0 bridgehead atoms. The molecule has 4 heteroatoms. The van der Waals surface area contributed by atoms with Gasteiger partial charge in [0.25, 0.3) is 0 Å². The highest BCUT2D eigenvalue weighted by molar-refractivity contribution is 5.91. The number of hydrogen-bond acceptors (Lipinski definition) is 4. The largest absolute Gasteiger partial charge is 0.485 e. The molecule has 0 heterocycles. The van der Waals surface area contributed by atoms with Crippen molar-refractivity contribution in [3.05, 3.63) is 23.3 Å². The third-order valence-electron chi connectivity index (χ3n) is 3.50. The Morgan fingerprint density at radius 1 is 1.48 bits per heavy atom. The van der Waals surface area contributed by atoms with Crippen molar-refractivity contribution < 1.29 is 14.3 Å². The number of aliphatic imine (C=N–C) groups is 1. The van der Waals surface area contributed by atoms with Gasteiger partial charge in [-0.15, -0.1) is 0 Å². The molecular weight excluding hydrogens is 266 g/mol. The molecule has 0 saturated heterocycles. The first kappa shape index (κ1) is 16.9. The summed E-state index contributed by atoms with van der Waals surface area (Å²) in [4.78, 5) is 25.9. The Labute approximate surface area is 125 Å². The molecule has 0 saturated carbocycles. The molecule has 0 spiro atoms. The average molecular weight is 287 g/mol. The summed E-state index contributed by atoms with van der Waals surface area (Å²) in [6, 6.07) is 3.60. The van der Waals surface area contributed by atoms with Crippen LogP contribution in [-0.2, 0) is 9.59 Å². The van der Waals surface area contributed by atoms with Crippen LogP contribution < -0.4 is 4.74 Å². The minimum Gasteiger partial charge on any atom is -0.485 e. The number of hydrogen-bond donors (Lipinski definition) is 0. The van der Waals surface area contributed by atoms with Crippen molar-refractivity contribution in [3.63, 3.8) is 0 Å². The van der Waals surface area contributed by atoms with E-state index in [2.05, 4.69) is 18.8 Å². The number of aryl methyl sites for hydroxylation is 1. The van der Waals surface area contributed by atoms with Crippen LogP contribution in [0.5, 0.6) is 5.75 Å². The molecule has 112 valence electrons. The first-order valence-corrected chi connectivity index (χ1v) is 7.01. The molecule has 0 amide bonds. The topological polar surface area (TPSA) is 55.7 Å². The molecule has 0 aliphatic rings. The Kier molecular flexibility index (Phi) is 6.57. The molecule has 1 atom stereocenters. The third kappa shape index (κ3) is 4.40. The number of carbonyl (C=O) groups is 1. The van der Waals surface area contributed by atoms with Crippen molar-refractivity contribution in [1.82, 2.24) is 0 Å². The highest BCUT2D eigenvalue weighted by Gasteiger charge is 2.12. The van der Waals surface area contributed by atoms with Crippen molar-refractivity contribution in [1.29, 1.82) is 0 Å². The van der Waals surface area contributed by atoms with E-state index in [1.165, 1.54) is 6.08 Å². The van der Waals surface area contributed by atoms with E-state index in [9.17, 15) is 9.59 Å². The van der Waals surface area contributed by atoms with Crippen LogP contribution in [0.25, 0.3) is 6.08 Å². The van der Waals surface area contributed by atoms with E-state index in [0.29, 0.717) is 29.2 Å². The number of nitrogens with zero attached hydrogens (tertiary/aromatic N) is 1. The summed E-state index contributed by atoms with van der Waals surface area (Å²) in [6.45, 7) is 8.05. The lowest BCUT2D eigenvalue weighted by atomic mass is 10.0. The highest BCUT2D eigenvalue weighted by atomic mass is 16.5. The van der Waals surface area contributed by atoms with Gasteiger partial charge in [0.15, 0.2) is 6.29 Å². The van der Waals surface area contributed by atoms with Crippen LogP contribution in [-0.4, -0.2) is 24.5 Å². The molecule has 4 nitrogen and oxygen atoms in total. The van der Waals surface area contributed by atoms with Crippen LogP contribution >= 0.6 is 0 Å². The number of ether oxygens (including phenoxy) is 1. The Balaban J connectivity index is 3.40. The summed E-state index contributed by atoms with van der Waals surface area (Å²) in [6.07, 6.45) is 2.96. The molecule has 0 fully saturated rings. The van der Waals surface area contributed by atoms with E-state index in [0.717, 1.165) is 17.7 Å². The Hall–Kier alpha value is -2.19. The van der Waals surface area contributed by atoms with Gasteiger partial charge < -0.3 is 4.74 Å². The lowest BCUT2D eigenvalue weighted by Crippen LogP contribution is -2.05. The Morgan fingerprint density at radius 3 is 2.76 bits per heavy atom. The number of carbonyl (C=O) groups excluding carboxylic acids is 2. The van der Waals surface area contributed by atoms with Gasteiger partial charge in [-0.05, 0) is 37.8 Å². The van der Waals surface area contributed by atoms with E-state index in [-0.39, 0.29) is 6.61 Å². The van der Waals surface area contributed by atoms with Gasteiger partial charge in [0.2, 0.25) is 0 Å². The van der Waals surface area contributed by atoms with E-state index in [1.54, 1.807) is 12.0 Å². The van der Waals surface area contributed by atoms with Crippen molar-refractivity contribution in [2.45, 2.75) is 34.1 Å². The van der Waals surface area contributed by atoms with Gasteiger partial charge in [-0.3, -0.25) is 9.79 Å². The maximum atomic E-state index is 10.8. The van der Waals surface area contributed by atoms with Gasteiger partial charge >= 0.3 is 0 Å². The smallest absolute Gasteiger partial charge is 0.157 e. The van der Waals surface area contributed by atoms with Gasteiger partial charge in [-0.2, -0.15) is 0 Å². The lowest BCUT2D eigenvalue weighted by molar-refractivity contribution is -0.109. The van der Waals surface area contributed by atoms with Gasteiger partial charge in [-0.25, -0.2) is 4.79 Å². The molecule has 0 aliphatic carbocycles. The fourth-order valence-corrected chi connectivity index (χ4v) is 1.88. The summed E-state index contributed by atoms with van der Waals surface area (Å²) in [5.41, 5.74) is 3.19. The normalized spacial score (nSPS) is 12.5. The molecule has 1 rings (SSSR count). The third-order valence-corrected chi connectivity index (χ3v) is 3.50. The zero-order valence-electron chi connectivity index (χ0n) is 13.0. The predicted octanol–water partition coefficient (Wildman–Crippen LogP) is 3.56. The molecular formula is C17H21NO3. The molecule has 0 aliphatic heterocycles. The lowest BCUT2D eigenvalue weighted by Gasteiger charge is -2.14. The monoisotopic (exact) mass is 287 g/mol. The standard InChI is InChI=1S/C17H21NO3/c1-5-12(2)14(4)18-17-13(3)6-7-16(21-11-10-20)15(17)8-9-19/h6-8,10,12H,5,11H2,1-4H3. The second-order valence-electron chi connectivity index (χ2n) is 4.95. The quantitative estimate of drug-likeness (QED) is 0.438. The highest BCUT2D eigenvalue weighted by Crippen LogP contribution is 2.33. The van der Waals surface area contributed by atoms with Crippen LogP contribution in [0.4, 0.5) is 5.69 Å². The zero-order valence-corrected chi connectivity index (χ0v) is 13.0. The van der Waals surface area contributed by atoms with Gasteiger partial charge in [-0.1, -0.05) is 19.9 Å². The fraction of sp³-hybridized carbons (Fsp3) is 0.412. The van der Waals surface area contributed by atoms with E-state index in [4.69, 9.17) is 4.74 Å². The summed E-state index contributed by atoms with van der Waals surface area (Å²) >= 11 is 0. The Morgan fingerprint density at radius 2 is 2.19 bits per heavy atom. The number of benzene rings is 1. The SMILES string of the molecule is CCC(C)C(C)=Nc1c(C)ccc(OCC=O)c1C=C=O. The molecule has 1 unspecified atom stereocenters. The second-order valence-corrected chi connectivity index (χ2v) is 4.95. The van der Waals surface area contributed by atoms with Crippen LogP contribution in [0.2, 0.25) is 0 Å². The molecule has 1 aromatic rings. The average Bonchev–Trinajstić information content (AvgIpc) is 2.49. The van der Waals surface area contributed by atoms with Gasteiger partial charge in [0.05, 0.1) is 11.3 Å². The summed E-state index contributed by atoms with van der Waals surface area (Å²) < 4.78 is 5.36. The van der Waals surface area contributed by atoms with Crippen LogP contribution in [0.15, 0.2) is 17.1 Å². The maximum absolute atomic E-state index is 10.8. The minimum absolute atomic E-state index is 0.0593. The van der Waals surface area contributed by atoms with E-state index in [1.807, 2.05) is 19.9 Å². The molecule has 0 N–H and O–H groups in total. The fourth-order valence-electron chi connectivity index (χ4n) is 1.88. The maximum Gasteiger partial charge on any atom is 0.157 e. The molecule has 21 heavy (non-hydrogen) atoms. The van der Waals surface area contributed by atoms with Crippen LogP contribution in [0, 0.1) is 12.8 Å².